The molecule has 1 aromatic rings. The summed E-state index contributed by atoms with van der Waals surface area (Å²) in [6, 6.07) is 8.18. The van der Waals surface area contributed by atoms with E-state index in [0.29, 0.717) is 0 Å². The summed E-state index contributed by atoms with van der Waals surface area (Å²) in [5, 5.41) is 6.69. The van der Waals surface area contributed by atoms with E-state index in [-0.39, 0.29) is 24.0 Å². The van der Waals surface area contributed by atoms with E-state index < -0.39 is 0 Å². The second-order valence-electron chi connectivity index (χ2n) is 5.94. The van der Waals surface area contributed by atoms with Crippen LogP contribution in [0.15, 0.2) is 29.3 Å². The summed E-state index contributed by atoms with van der Waals surface area (Å²) < 4.78 is 10.3. The highest BCUT2D eigenvalue weighted by Crippen LogP contribution is 2.11. The minimum Gasteiger partial charge on any atom is -0.497 e. The van der Waals surface area contributed by atoms with E-state index >= 15 is 0 Å². The topological polar surface area (TPSA) is 58.1 Å². The van der Waals surface area contributed by atoms with Crippen LogP contribution in [0.2, 0.25) is 0 Å². The van der Waals surface area contributed by atoms with Crippen molar-refractivity contribution in [1.29, 1.82) is 0 Å². The molecule has 0 aromatic heterocycles. The van der Waals surface area contributed by atoms with Gasteiger partial charge in [0.15, 0.2) is 5.96 Å². The van der Waals surface area contributed by atoms with E-state index in [1.54, 1.807) is 14.2 Å². The second-order valence-corrected chi connectivity index (χ2v) is 5.94. The zero-order valence-electron chi connectivity index (χ0n) is 16.6. The molecule has 0 aliphatic carbocycles. The number of aliphatic imine (C=N–C) groups is 1. The molecule has 1 rings (SSSR count). The maximum Gasteiger partial charge on any atom is 0.191 e. The molecule has 0 bridgehead atoms. The first-order valence-electron chi connectivity index (χ1n) is 9.02. The number of ether oxygens (including phenoxy) is 2. The van der Waals surface area contributed by atoms with Crippen molar-refractivity contribution in [2.45, 2.75) is 19.8 Å². The second kappa shape index (κ2) is 16.1. The van der Waals surface area contributed by atoms with Gasteiger partial charge in [-0.2, -0.15) is 0 Å². The van der Waals surface area contributed by atoms with Crippen LogP contribution in [0, 0.1) is 0 Å². The Balaban J connectivity index is 0.00000625. The Morgan fingerprint density at radius 1 is 1.12 bits per heavy atom. The van der Waals surface area contributed by atoms with E-state index in [4.69, 9.17) is 9.47 Å². The van der Waals surface area contributed by atoms with Gasteiger partial charge in [0.05, 0.1) is 13.7 Å². The highest BCUT2D eigenvalue weighted by Gasteiger charge is 2.00. The number of nitrogens with one attached hydrogen (secondary N) is 2. The number of halogens is 1. The van der Waals surface area contributed by atoms with Crippen molar-refractivity contribution in [2.24, 2.45) is 4.99 Å². The number of likely N-dealkylation sites (N-methyl/N-ethyl adjacent to an activating group) is 1. The molecular weight excluding hydrogens is 443 g/mol. The first-order chi connectivity index (χ1) is 12.2. The quantitative estimate of drug-likeness (QED) is 0.209. The van der Waals surface area contributed by atoms with Gasteiger partial charge in [-0.25, -0.2) is 0 Å². The molecule has 1 aromatic carbocycles. The van der Waals surface area contributed by atoms with Crippen molar-refractivity contribution in [3.63, 3.8) is 0 Å². The first kappa shape index (κ1) is 24.9. The number of methoxy groups -OCH3 is 2. The van der Waals surface area contributed by atoms with Crippen molar-refractivity contribution in [1.82, 2.24) is 15.5 Å². The zero-order valence-corrected chi connectivity index (χ0v) is 18.9. The third-order valence-corrected chi connectivity index (χ3v) is 3.85. The van der Waals surface area contributed by atoms with E-state index in [9.17, 15) is 0 Å². The Morgan fingerprint density at radius 2 is 1.85 bits per heavy atom. The average molecular weight is 478 g/mol. The summed E-state index contributed by atoms with van der Waals surface area (Å²) in [5.41, 5.74) is 1.28. The fourth-order valence-corrected chi connectivity index (χ4v) is 2.38. The van der Waals surface area contributed by atoms with Crippen molar-refractivity contribution in [3.05, 3.63) is 29.8 Å². The third kappa shape index (κ3) is 11.5. The van der Waals surface area contributed by atoms with Crippen LogP contribution in [0.25, 0.3) is 0 Å². The van der Waals surface area contributed by atoms with Crippen LogP contribution in [0.3, 0.4) is 0 Å². The fraction of sp³-hybridized carbons (Fsp3) is 0.632. The van der Waals surface area contributed by atoms with Gasteiger partial charge in [0.2, 0.25) is 0 Å². The van der Waals surface area contributed by atoms with Crippen LogP contribution in [-0.2, 0) is 11.2 Å². The molecule has 0 unspecified atom stereocenters. The van der Waals surface area contributed by atoms with Crippen LogP contribution < -0.4 is 15.4 Å². The molecular formula is C19H35IN4O2. The molecule has 2 N–H and O–H groups in total. The number of hydrogen-bond donors (Lipinski definition) is 2. The number of nitrogens with zero attached hydrogens (tertiary/aromatic N) is 2. The molecule has 0 fully saturated rings. The smallest absolute Gasteiger partial charge is 0.191 e. The third-order valence-electron chi connectivity index (χ3n) is 3.85. The predicted octanol–water partition coefficient (Wildman–Crippen LogP) is 2.38. The van der Waals surface area contributed by atoms with Crippen LogP contribution in [0.5, 0.6) is 5.75 Å². The highest BCUT2D eigenvalue weighted by atomic mass is 127. The molecule has 6 nitrogen and oxygen atoms in total. The molecule has 7 heteroatoms. The number of hydrogen-bond acceptors (Lipinski definition) is 4. The van der Waals surface area contributed by atoms with Crippen LogP contribution in [0.1, 0.15) is 18.9 Å². The lowest BCUT2D eigenvalue weighted by molar-refractivity contribution is 0.180. The lowest BCUT2D eigenvalue weighted by Gasteiger charge is -2.16. The monoisotopic (exact) mass is 478 g/mol. The Labute approximate surface area is 175 Å². The maximum absolute atomic E-state index is 5.18. The van der Waals surface area contributed by atoms with Gasteiger partial charge in [-0.1, -0.05) is 12.1 Å². The SMILES string of the molecule is CCNC(=NCCN(C)CCCOC)NCCc1ccc(OC)cc1.I. The fourth-order valence-electron chi connectivity index (χ4n) is 2.38. The maximum atomic E-state index is 5.18. The Kier molecular flexibility index (Phi) is 15.5. The minimum absolute atomic E-state index is 0. The summed E-state index contributed by atoms with van der Waals surface area (Å²) in [6.07, 6.45) is 2.00. The van der Waals surface area contributed by atoms with Crippen molar-refractivity contribution in [2.75, 3.05) is 60.6 Å². The predicted molar refractivity (Wildman–Crippen MR) is 120 cm³/mol. The standard InChI is InChI=1S/C19H34N4O2.HI/c1-5-20-19(22-13-15-23(2)14-6-16-24-3)21-12-11-17-7-9-18(25-4)10-8-17;/h7-10H,5-6,11-16H2,1-4H3,(H2,20,21,22);1H. The molecule has 0 aliphatic rings. The van der Waals surface area contributed by atoms with Gasteiger partial charge in [0.25, 0.3) is 0 Å². The summed E-state index contributed by atoms with van der Waals surface area (Å²) in [5.74, 6) is 1.77. The average Bonchev–Trinajstić information content (AvgIpc) is 2.62. The molecule has 0 heterocycles. The Hall–Kier alpha value is -1.06. The Morgan fingerprint density at radius 3 is 2.46 bits per heavy atom. The van der Waals surface area contributed by atoms with Gasteiger partial charge < -0.3 is 25.0 Å². The number of guanidine groups is 1. The normalized spacial score (nSPS) is 11.2. The molecule has 0 spiro atoms. The molecule has 0 aliphatic heterocycles. The molecule has 26 heavy (non-hydrogen) atoms. The van der Waals surface area contributed by atoms with Gasteiger partial charge >= 0.3 is 0 Å². The zero-order chi connectivity index (χ0) is 18.3. The molecule has 0 atom stereocenters. The van der Waals surface area contributed by atoms with Gasteiger partial charge in [0.1, 0.15) is 5.75 Å². The van der Waals surface area contributed by atoms with Crippen molar-refractivity contribution in [3.8, 4) is 5.75 Å². The lowest BCUT2D eigenvalue weighted by Crippen LogP contribution is -2.39. The molecule has 0 saturated carbocycles. The first-order valence-corrected chi connectivity index (χ1v) is 9.02. The van der Waals surface area contributed by atoms with Gasteiger partial charge in [-0.15, -0.1) is 24.0 Å². The minimum atomic E-state index is 0. The van der Waals surface area contributed by atoms with Crippen LogP contribution in [-0.4, -0.2) is 71.5 Å². The van der Waals surface area contributed by atoms with Crippen molar-refractivity contribution < 1.29 is 9.47 Å². The van der Waals surface area contributed by atoms with Crippen molar-refractivity contribution >= 4 is 29.9 Å². The molecule has 0 radical (unpaired) electrons. The largest absolute Gasteiger partial charge is 0.497 e. The van der Waals surface area contributed by atoms with Gasteiger partial charge in [0, 0.05) is 39.9 Å². The lowest BCUT2D eigenvalue weighted by atomic mass is 10.1. The van der Waals surface area contributed by atoms with E-state index in [1.165, 1.54) is 5.56 Å². The van der Waals surface area contributed by atoms with E-state index in [0.717, 1.165) is 63.9 Å². The van der Waals surface area contributed by atoms with Crippen LogP contribution in [0.4, 0.5) is 0 Å². The summed E-state index contributed by atoms with van der Waals surface area (Å²) >= 11 is 0. The number of rotatable bonds is 12. The van der Waals surface area contributed by atoms with E-state index in [1.807, 2.05) is 12.1 Å². The summed E-state index contributed by atoms with van der Waals surface area (Å²) in [4.78, 5) is 6.92. The van der Waals surface area contributed by atoms with Gasteiger partial charge in [-0.05, 0) is 44.5 Å². The summed E-state index contributed by atoms with van der Waals surface area (Å²) in [6.45, 7) is 7.35. The Bertz CT molecular complexity index is 483. The molecule has 150 valence electrons. The molecule has 0 amide bonds. The summed E-state index contributed by atoms with van der Waals surface area (Å²) in [7, 11) is 5.55. The van der Waals surface area contributed by atoms with Gasteiger partial charge in [-0.3, -0.25) is 4.99 Å². The van der Waals surface area contributed by atoms with Crippen LogP contribution >= 0.6 is 24.0 Å². The number of benzene rings is 1. The van der Waals surface area contributed by atoms with E-state index in [2.05, 4.69) is 46.6 Å². The molecule has 0 saturated heterocycles. The highest BCUT2D eigenvalue weighted by molar-refractivity contribution is 14.0.